The summed E-state index contributed by atoms with van der Waals surface area (Å²) in [4.78, 5) is 27.2. The average molecular weight is 367 g/mol. The summed E-state index contributed by atoms with van der Waals surface area (Å²) >= 11 is 0. The summed E-state index contributed by atoms with van der Waals surface area (Å²) in [6, 6.07) is 7.68. The summed E-state index contributed by atoms with van der Waals surface area (Å²) in [6.07, 6.45) is 8.70. The van der Waals surface area contributed by atoms with Crippen LogP contribution in [0.5, 0.6) is 0 Å². The van der Waals surface area contributed by atoms with Crippen molar-refractivity contribution >= 4 is 17.5 Å². The number of nitrogens with zero attached hydrogens (tertiary/aromatic N) is 1. The molecule has 0 aromatic heterocycles. The third-order valence-electron chi connectivity index (χ3n) is 7.98. The Morgan fingerprint density at radius 1 is 1.07 bits per heavy atom. The zero-order valence-corrected chi connectivity index (χ0v) is 16.4. The lowest BCUT2D eigenvalue weighted by Crippen LogP contribution is -2.58. The molecule has 4 fully saturated rings. The second kappa shape index (κ2) is 6.08. The summed E-state index contributed by atoms with van der Waals surface area (Å²) < 4.78 is 0. The molecule has 4 heteroatoms. The largest absolute Gasteiger partial charge is 0.351 e. The maximum Gasteiger partial charge on any atom is 0.243 e. The Morgan fingerprint density at radius 3 is 2.26 bits per heavy atom. The molecule has 0 spiro atoms. The molecular formula is C23H30N2O2. The highest BCUT2D eigenvalue weighted by Crippen LogP contribution is 2.61. The van der Waals surface area contributed by atoms with Gasteiger partial charge in [0.25, 0.3) is 0 Å². The van der Waals surface area contributed by atoms with Crippen molar-refractivity contribution in [1.29, 1.82) is 0 Å². The van der Waals surface area contributed by atoms with Crippen LogP contribution in [0.2, 0.25) is 0 Å². The molecule has 1 heterocycles. The van der Waals surface area contributed by atoms with Gasteiger partial charge in [-0.15, -0.1) is 0 Å². The van der Waals surface area contributed by atoms with Gasteiger partial charge in [-0.1, -0.05) is 18.2 Å². The molecule has 4 saturated carbocycles. The normalized spacial score (nSPS) is 37.2. The van der Waals surface area contributed by atoms with E-state index >= 15 is 0 Å². The molecule has 6 rings (SSSR count). The Balaban J connectivity index is 1.34. The number of amides is 2. The van der Waals surface area contributed by atoms with E-state index < -0.39 is 6.04 Å². The number of carbonyl (C=O) groups is 2. The third-order valence-corrected chi connectivity index (χ3v) is 7.98. The smallest absolute Gasteiger partial charge is 0.243 e. The monoisotopic (exact) mass is 366 g/mol. The minimum atomic E-state index is -0.406. The molecule has 4 bridgehead atoms. The number of benzene rings is 1. The maximum absolute atomic E-state index is 13.2. The van der Waals surface area contributed by atoms with Gasteiger partial charge >= 0.3 is 0 Å². The number of rotatable bonds is 3. The van der Waals surface area contributed by atoms with Gasteiger partial charge < -0.3 is 5.32 Å². The number of nitrogens with one attached hydrogen (secondary N) is 1. The van der Waals surface area contributed by atoms with Gasteiger partial charge in [0.15, 0.2) is 0 Å². The van der Waals surface area contributed by atoms with Crippen LogP contribution >= 0.6 is 0 Å². The van der Waals surface area contributed by atoms with E-state index in [0.717, 1.165) is 29.0 Å². The zero-order chi connectivity index (χ0) is 18.8. The SMILES string of the molecule is CC(=O)N1c2ccccc2C[C@H]1C(=O)N[C@H](C)C12CC3CC(CC(C3)C1)C2. The number of carbonyl (C=O) groups excluding carboxylic acids is 2. The molecule has 144 valence electrons. The highest BCUT2D eigenvalue weighted by Gasteiger charge is 2.53. The van der Waals surface area contributed by atoms with Crippen molar-refractivity contribution in [3.63, 3.8) is 0 Å². The fourth-order valence-corrected chi connectivity index (χ4v) is 7.16. The summed E-state index contributed by atoms with van der Waals surface area (Å²) in [5, 5.41) is 3.37. The van der Waals surface area contributed by atoms with E-state index in [-0.39, 0.29) is 23.3 Å². The van der Waals surface area contributed by atoms with Crippen LogP contribution in [-0.2, 0) is 16.0 Å². The van der Waals surface area contributed by atoms with Crippen molar-refractivity contribution < 1.29 is 9.59 Å². The van der Waals surface area contributed by atoms with Crippen molar-refractivity contribution in [2.75, 3.05) is 4.90 Å². The summed E-state index contributed by atoms with van der Waals surface area (Å²) in [7, 11) is 0. The summed E-state index contributed by atoms with van der Waals surface area (Å²) in [5.74, 6) is 2.59. The Bertz CT molecular complexity index is 751. The van der Waals surface area contributed by atoms with Crippen molar-refractivity contribution in [3.8, 4) is 0 Å². The molecule has 2 atom stereocenters. The Hall–Kier alpha value is -1.84. The molecule has 0 saturated heterocycles. The van der Waals surface area contributed by atoms with E-state index in [2.05, 4.69) is 12.2 Å². The number of anilines is 1. The Kier molecular flexibility index (Phi) is 3.89. The molecule has 27 heavy (non-hydrogen) atoms. The van der Waals surface area contributed by atoms with Crippen LogP contribution in [0.25, 0.3) is 0 Å². The summed E-state index contributed by atoms with van der Waals surface area (Å²) in [6.45, 7) is 3.77. The maximum atomic E-state index is 13.2. The molecule has 1 aromatic rings. The van der Waals surface area contributed by atoms with Gasteiger partial charge in [-0.25, -0.2) is 0 Å². The van der Waals surface area contributed by atoms with Gasteiger partial charge in [0.05, 0.1) is 0 Å². The van der Waals surface area contributed by atoms with Crippen LogP contribution in [0.3, 0.4) is 0 Å². The zero-order valence-electron chi connectivity index (χ0n) is 16.4. The molecule has 0 radical (unpaired) electrons. The van der Waals surface area contributed by atoms with E-state index in [9.17, 15) is 9.59 Å². The average Bonchev–Trinajstić information content (AvgIpc) is 3.00. The van der Waals surface area contributed by atoms with Gasteiger partial charge in [0, 0.05) is 25.1 Å². The van der Waals surface area contributed by atoms with Crippen LogP contribution in [0, 0.1) is 23.2 Å². The number of hydrogen-bond donors (Lipinski definition) is 1. The lowest BCUT2D eigenvalue weighted by molar-refractivity contribution is -0.129. The van der Waals surface area contributed by atoms with Gasteiger partial charge in [-0.3, -0.25) is 14.5 Å². The van der Waals surface area contributed by atoms with Crippen LogP contribution in [0.15, 0.2) is 24.3 Å². The minimum Gasteiger partial charge on any atom is -0.351 e. The van der Waals surface area contributed by atoms with E-state index in [1.807, 2.05) is 24.3 Å². The summed E-state index contributed by atoms with van der Waals surface area (Å²) in [5.41, 5.74) is 2.28. The highest BCUT2D eigenvalue weighted by atomic mass is 16.2. The van der Waals surface area contributed by atoms with Gasteiger partial charge in [0.1, 0.15) is 6.04 Å². The molecule has 1 N–H and O–H groups in total. The molecule has 2 amide bonds. The third kappa shape index (κ3) is 2.71. The van der Waals surface area contributed by atoms with Crippen LogP contribution in [0.4, 0.5) is 5.69 Å². The predicted octanol–water partition coefficient (Wildman–Crippen LogP) is 3.69. The highest BCUT2D eigenvalue weighted by molar-refractivity contribution is 6.02. The van der Waals surface area contributed by atoms with Crippen LogP contribution in [0.1, 0.15) is 57.9 Å². The molecule has 5 aliphatic rings. The minimum absolute atomic E-state index is 0.0182. The molecule has 1 aliphatic heterocycles. The van der Waals surface area contributed by atoms with Gasteiger partial charge in [0.2, 0.25) is 11.8 Å². The van der Waals surface area contributed by atoms with Crippen LogP contribution < -0.4 is 10.2 Å². The molecule has 4 nitrogen and oxygen atoms in total. The fraction of sp³-hybridized carbons (Fsp3) is 0.652. The molecule has 0 unspecified atom stereocenters. The first-order chi connectivity index (χ1) is 12.9. The Morgan fingerprint density at radius 2 is 1.67 bits per heavy atom. The Labute approximate surface area is 161 Å². The van der Waals surface area contributed by atoms with Crippen molar-refractivity contribution in [2.45, 2.75) is 70.9 Å². The molecular weight excluding hydrogens is 336 g/mol. The van der Waals surface area contributed by atoms with Gasteiger partial charge in [-0.05, 0) is 80.2 Å². The van der Waals surface area contributed by atoms with Crippen LogP contribution in [-0.4, -0.2) is 23.9 Å². The van der Waals surface area contributed by atoms with E-state index in [4.69, 9.17) is 0 Å². The second-order valence-electron chi connectivity index (χ2n) is 9.75. The molecule has 1 aromatic carbocycles. The van der Waals surface area contributed by atoms with Crippen molar-refractivity contribution in [3.05, 3.63) is 29.8 Å². The van der Waals surface area contributed by atoms with E-state index in [0.29, 0.717) is 6.42 Å². The number of para-hydroxylation sites is 1. The molecule has 4 aliphatic carbocycles. The van der Waals surface area contributed by atoms with E-state index in [1.54, 1.807) is 11.8 Å². The first kappa shape index (κ1) is 17.3. The quantitative estimate of drug-likeness (QED) is 0.887. The lowest BCUT2D eigenvalue weighted by atomic mass is 9.48. The first-order valence-corrected chi connectivity index (χ1v) is 10.6. The first-order valence-electron chi connectivity index (χ1n) is 10.6. The van der Waals surface area contributed by atoms with E-state index in [1.165, 1.54) is 38.5 Å². The van der Waals surface area contributed by atoms with Crippen molar-refractivity contribution in [2.24, 2.45) is 23.2 Å². The van der Waals surface area contributed by atoms with Gasteiger partial charge in [-0.2, -0.15) is 0 Å². The predicted molar refractivity (Wildman–Crippen MR) is 105 cm³/mol. The standard InChI is InChI=1S/C23H30N2O2/c1-14(23-11-16-7-17(12-23)9-18(8-16)13-23)24-22(27)21-10-19-5-3-4-6-20(19)25(21)15(2)26/h3-6,14,16-18,21H,7-13H2,1-2H3,(H,24,27)/t14-,16?,17?,18?,21+,23?/m1/s1. The number of hydrogen-bond acceptors (Lipinski definition) is 2. The topological polar surface area (TPSA) is 49.4 Å². The van der Waals surface area contributed by atoms with Crippen molar-refractivity contribution in [1.82, 2.24) is 5.32 Å². The second-order valence-corrected chi connectivity index (χ2v) is 9.75. The fourth-order valence-electron chi connectivity index (χ4n) is 7.16. The lowest BCUT2D eigenvalue weighted by Gasteiger charge is -2.59. The number of fused-ring (bicyclic) bond motifs is 1.